The Morgan fingerprint density at radius 3 is 2.91 bits per heavy atom. The van der Waals surface area contributed by atoms with Crippen LogP contribution < -0.4 is 0 Å². The van der Waals surface area contributed by atoms with Gasteiger partial charge in [0.2, 0.25) is 0 Å². The summed E-state index contributed by atoms with van der Waals surface area (Å²) < 4.78 is 5.36. The van der Waals surface area contributed by atoms with Gasteiger partial charge < -0.3 is 14.6 Å². The van der Waals surface area contributed by atoms with E-state index in [1.165, 1.54) is 0 Å². The first kappa shape index (κ1) is 15.5. The second-order valence-electron chi connectivity index (χ2n) is 6.68. The highest BCUT2D eigenvalue weighted by Gasteiger charge is 2.30. The summed E-state index contributed by atoms with van der Waals surface area (Å²) in [6.07, 6.45) is 2.15. The van der Waals surface area contributed by atoms with E-state index in [9.17, 15) is 4.79 Å². The van der Waals surface area contributed by atoms with Crippen LogP contribution in [0.25, 0.3) is 11.0 Å². The molecule has 0 amide bonds. The second-order valence-corrected chi connectivity index (χ2v) is 6.68. The summed E-state index contributed by atoms with van der Waals surface area (Å²) >= 11 is 0. The van der Waals surface area contributed by atoms with Gasteiger partial charge in [-0.05, 0) is 13.0 Å². The van der Waals surface area contributed by atoms with Gasteiger partial charge in [-0.15, -0.1) is 0 Å². The smallest absolute Gasteiger partial charge is 0.357 e. The zero-order valence-electron chi connectivity index (χ0n) is 13.7. The van der Waals surface area contributed by atoms with Gasteiger partial charge in [-0.1, -0.05) is 25.9 Å². The molecule has 23 heavy (non-hydrogen) atoms. The molecule has 1 aliphatic heterocycles. The van der Waals surface area contributed by atoms with Crippen molar-refractivity contribution in [2.45, 2.75) is 40.2 Å². The number of esters is 1. The quantitative estimate of drug-likeness (QED) is 0.879. The molecule has 3 heterocycles. The Morgan fingerprint density at radius 1 is 1.43 bits per heavy atom. The molecule has 1 aliphatic rings. The Balaban J connectivity index is 1.65. The number of nitrogens with one attached hydrogen (secondary N) is 1. The normalized spacial score (nSPS) is 17.9. The lowest BCUT2D eigenvalue weighted by molar-refractivity contribution is 0.00657. The summed E-state index contributed by atoms with van der Waals surface area (Å²) in [5.41, 5.74) is 1.83. The standard InChI is InChI=1S/C16H20N4O3/c1-9-18-13(11-5-6-17-14(11)19-9)15(21)22-8-10-7-12(20-23-10)16(2,3)4/h5-6,10H,7-8H2,1-4H3,(H,17,18,19). The molecule has 1 atom stereocenters. The maximum atomic E-state index is 12.3. The molecule has 0 saturated heterocycles. The second kappa shape index (κ2) is 5.64. The molecule has 0 fully saturated rings. The van der Waals surface area contributed by atoms with Gasteiger partial charge in [0.15, 0.2) is 11.8 Å². The van der Waals surface area contributed by atoms with Crippen LogP contribution in [0.5, 0.6) is 0 Å². The lowest BCUT2D eigenvalue weighted by atomic mass is 9.87. The van der Waals surface area contributed by atoms with E-state index in [4.69, 9.17) is 9.57 Å². The molecule has 0 aliphatic carbocycles. The van der Waals surface area contributed by atoms with Crippen molar-refractivity contribution < 1.29 is 14.4 Å². The van der Waals surface area contributed by atoms with Crippen molar-refractivity contribution in [1.29, 1.82) is 0 Å². The van der Waals surface area contributed by atoms with E-state index in [0.29, 0.717) is 23.3 Å². The van der Waals surface area contributed by atoms with E-state index in [0.717, 1.165) is 5.71 Å². The third-order valence-electron chi connectivity index (χ3n) is 3.72. The van der Waals surface area contributed by atoms with Gasteiger partial charge in [0.1, 0.15) is 18.1 Å². The molecule has 1 N–H and O–H groups in total. The summed E-state index contributed by atoms with van der Waals surface area (Å²) in [4.78, 5) is 29.1. The number of aromatic amines is 1. The van der Waals surface area contributed by atoms with Crippen LogP contribution in [0.1, 0.15) is 43.5 Å². The number of oxime groups is 1. The van der Waals surface area contributed by atoms with Gasteiger partial charge in [0.05, 0.1) is 11.1 Å². The number of aryl methyl sites for hydroxylation is 1. The number of ether oxygens (including phenoxy) is 1. The number of hydrogen-bond acceptors (Lipinski definition) is 6. The first-order valence-corrected chi connectivity index (χ1v) is 7.56. The molecular weight excluding hydrogens is 296 g/mol. The van der Waals surface area contributed by atoms with Crippen LogP contribution >= 0.6 is 0 Å². The maximum absolute atomic E-state index is 12.3. The Bertz CT molecular complexity index is 773. The van der Waals surface area contributed by atoms with Crippen molar-refractivity contribution in [3.63, 3.8) is 0 Å². The van der Waals surface area contributed by atoms with Gasteiger partial charge in [-0.2, -0.15) is 0 Å². The maximum Gasteiger partial charge on any atom is 0.357 e. The van der Waals surface area contributed by atoms with Crippen molar-refractivity contribution in [2.75, 3.05) is 6.61 Å². The first-order valence-electron chi connectivity index (χ1n) is 7.56. The number of aromatic nitrogens is 3. The molecule has 122 valence electrons. The van der Waals surface area contributed by atoms with Crippen molar-refractivity contribution in [3.05, 3.63) is 23.8 Å². The fraction of sp³-hybridized carbons (Fsp3) is 0.500. The predicted molar refractivity (Wildman–Crippen MR) is 85.3 cm³/mol. The topological polar surface area (TPSA) is 89.5 Å². The van der Waals surface area contributed by atoms with Crippen LogP contribution in [0.2, 0.25) is 0 Å². The van der Waals surface area contributed by atoms with Crippen LogP contribution in [0.15, 0.2) is 17.4 Å². The van der Waals surface area contributed by atoms with Gasteiger partial charge >= 0.3 is 5.97 Å². The molecular formula is C16H20N4O3. The number of hydrogen-bond donors (Lipinski definition) is 1. The zero-order chi connectivity index (χ0) is 16.6. The molecule has 7 nitrogen and oxygen atoms in total. The van der Waals surface area contributed by atoms with Gasteiger partial charge in [0, 0.05) is 18.0 Å². The highest BCUT2D eigenvalue weighted by molar-refractivity contribution is 6.00. The molecule has 2 aromatic rings. The number of rotatable bonds is 3. The zero-order valence-corrected chi connectivity index (χ0v) is 13.7. The molecule has 0 aromatic carbocycles. The minimum absolute atomic E-state index is 0.0419. The predicted octanol–water partition coefficient (Wildman–Crippen LogP) is 2.61. The van der Waals surface area contributed by atoms with Crippen LogP contribution in [0, 0.1) is 12.3 Å². The molecule has 2 aromatic heterocycles. The summed E-state index contributed by atoms with van der Waals surface area (Å²) in [7, 11) is 0. The molecule has 7 heteroatoms. The highest BCUT2D eigenvalue weighted by atomic mass is 16.7. The van der Waals surface area contributed by atoms with Crippen LogP contribution in [-0.2, 0) is 9.57 Å². The van der Waals surface area contributed by atoms with Crippen molar-refractivity contribution in [2.24, 2.45) is 10.6 Å². The lowest BCUT2D eigenvalue weighted by Crippen LogP contribution is -2.24. The van der Waals surface area contributed by atoms with E-state index < -0.39 is 5.97 Å². The number of fused-ring (bicyclic) bond motifs is 1. The Morgan fingerprint density at radius 2 is 2.22 bits per heavy atom. The van der Waals surface area contributed by atoms with Crippen LogP contribution in [-0.4, -0.2) is 39.3 Å². The molecule has 0 saturated carbocycles. The number of carbonyl (C=O) groups is 1. The van der Waals surface area contributed by atoms with Crippen molar-refractivity contribution >= 4 is 22.7 Å². The molecule has 3 rings (SSSR count). The summed E-state index contributed by atoms with van der Waals surface area (Å²) in [6, 6.07) is 1.76. The SMILES string of the molecule is Cc1nc(C(=O)OCC2CC(C(C)(C)C)=NO2)c2cc[nH]c2n1. The van der Waals surface area contributed by atoms with Gasteiger partial charge in [0.25, 0.3) is 0 Å². The van der Waals surface area contributed by atoms with E-state index in [-0.39, 0.29) is 23.8 Å². The van der Waals surface area contributed by atoms with Crippen molar-refractivity contribution in [1.82, 2.24) is 15.0 Å². The largest absolute Gasteiger partial charge is 0.457 e. The third kappa shape index (κ3) is 3.18. The summed E-state index contributed by atoms with van der Waals surface area (Å²) in [5.74, 6) is 0.0373. The lowest BCUT2D eigenvalue weighted by Gasteiger charge is -2.16. The minimum atomic E-state index is -0.479. The Labute approximate surface area is 134 Å². The van der Waals surface area contributed by atoms with Gasteiger partial charge in [-0.3, -0.25) is 0 Å². The molecule has 1 unspecified atom stereocenters. The molecule has 0 spiro atoms. The Hall–Kier alpha value is -2.44. The highest BCUT2D eigenvalue weighted by Crippen LogP contribution is 2.25. The molecule has 0 radical (unpaired) electrons. The number of H-pyrrole nitrogens is 1. The van der Waals surface area contributed by atoms with E-state index in [1.54, 1.807) is 19.2 Å². The third-order valence-corrected chi connectivity index (χ3v) is 3.72. The fourth-order valence-electron chi connectivity index (χ4n) is 2.41. The monoisotopic (exact) mass is 316 g/mol. The summed E-state index contributed by atoms with van der Waals surface area (Å²) in [5, 5.41) is 4.74. The fourth-order valence-corrected chi connectivity index (χ4v) is 2.41. The average Bonchev–Trinajstić information content (AvgIpc) is 3.11. The first-order chi connectivity index (χ1) is 10.8. The summed E-state index contributed by atoms with van der Waals surface area (Å²) in [6.45, 7) is 8.12. The van der Waals surface area contributed by atoms with E-state index in [1.807, 2.05) is 0 Å². The van der Waals surface area contributed by atoms with E-state index in [2.05, 4.69) is 40.9 Å². The van der Waals surface area contributed by atoms with E-state index >= 15 is 0 Å². The number of carbonyl (C=O) groups excluding carboxylic acids is 1. The average molecular weight is 316 g/mol. The Kier molecular flexibility index (Phi) is 3.79. The van der Waals surface area contributed by atoms with Gasteiger partial charge in [-0.25, -0.2) is 14.8 Å². The van der Waals surface area contributed by atoms with Crippen molar-refractivity contribution in [3.8, 4) is 0 Å². The minimum Gasteiger partial charge on any atom is -0.457 e. The molecule has 0 bridgehead atoms. The van der Waals surface area contributed by atoms with Crippen LogP contribution in [0.4, 0.5) is 0 Å². The number of nitrogens with zero attached hydrogens (tertiary/aromatic N) is 3. The van der Waals surface area contributed by atoms with Crippen LogP contribution in [0.3, 0.4) is 0 Å².